The van der Waals surface area contributed by atoms with Crippen LogP contribution in [0.3, 0.4) is 0 Å². The van der Waals surface area contributed by atoms with Gasteiger partial charge in [0.05, 0.1) is 78.9 Å². The molecule has 0 aliphatic carbocycles. The minimum absolute atomic E-state index is 0.0178. The lowest BCUT2D eigenvalue weighted by Crippen LogP contribution is -2.68. The fourth-order valence-corrected chi connectivity index (χ4v) is 5.55. The van der Waals surface area contributed by atoms with Crippen molar-refractivity contribution in [3.8, 4) is 0 Å². The van der Waals surface area contributed by atoms with E-state index in [9.17, 15) is 59.4 Å². The standard InChI is InChI=1S/C33H57N5O20/c1-17(41)35-25-29(49)27(47)20(14-39)57-32(25)38-22(43)13-19(31(51)34-4-6-53-8-10-55-12-11-54-9-7-52-5-3-24(45)46)37-23(44)16-56-33-26(36-18(2)42)30(50)28(48)21(15-40)58-33/h19-21,25-30,32-33,39-40,47-50H,3-16H2,1-2H3,(H,34,51)(H,35,41)(H,36,42)(H,37,44)(H,38,43)(H,45,46)/t19?,20-,21-,25-,26-,27-,28-,29-,30-,32-,33-/m1/s1. The summed E-state index contributed by atoms with van der Waals surface area (Å²) in [6, 6.07) is -4.37. The number of amides is 5. The quantitative estimate of drug-likeness (QED) is 0.0342. The molecular formula is C33H57N5O20. The third-order valence-electron chi connectivity index (χ3n) is 8.39. The Bertz CT molecular complexity index is 1300. The van der Waals surface area contributed by atoms with Gasteiger partial charge in [-0.15, -0.1) is 0 Å². The first-order chi connectivity index (χ1) is 27.6. The van der Waals surface area contributed by atoms with Crippen LogP contribution in [-0.2, 0) is 61.9 Å². The van der Waals surface area contributed by atoms with Crippen molar-refractivity contribution in [2.45, 2.75) is 94.0 Å². The fraction of sp³-hybridized carbons (Fsp3) is 0.818. The zero-order valence-electron chi connectivity index (χ0n) is 32.2. The molecule has 0 radical (unpaired) electrons. The predicted molar refractivity (Wildman–Crippen MR) is 190 cm³/mol. The molecule has 2 rings (SSSR count). The zero-order chi connectivity index (χ0) is 43.2. The molecule has 0 saturated carbocycles. The molecule has 2 fully saturated rings. The molecule has 0 aromatic rings. The summed E-state index contributed by atoms with van der Waals surface area (Å²) < 4.78 is 37.6. The number of aliphatic hydroxyl groups is 6. The van der Waals surface area contributed by atoms with E-state index in [0.29, 0.717) is 0 Å². The van der Waals surface area contributed by atoms with Gasteiger partial charge in [-0.1, -0.05) is 0 Å². The average molecular weight is 844 g/mol. The Morgan fingerprint density at radius 3 is 1.67 bits per heavy atom. The first kappa shape index (κ1) is 50.4. The number of carbonyl (C=O) groups excluding carboxylic acids is 5. The van der Waals surface area contributed by atoms with E-state index in [4.69, 9.17) is 38.3 Å². The van der Waals surface area contributed by atoms with E-state index in [-0.39, 0.29) is 65.8 Å². The Labute approximate surface area is 332 Å². The van der Waals surface area contributed by atoms with Crippen molar-refractivity contribution in [3.63, 3.8) is 0 Å². The number of aliphatic carboxylic acids is 1. The molecule has 5 amide bonds. The average Bonchev–Trinajstić information content (AvgIpc) is 3.16. The van der Waals surface area contributed by atoms with Crippen LogP contribution in [0.2, 0.25) is 0 Å². The summed E-state index contributed by atoms with van der Waals surface area (Å²) in [4.78, 5) is 73.6. The van der Waals surface area contributed by atoms with Gasteiger partial charge < -0.3 is 95.5 Å². The Morgan fingerprint density at radius 2 is 1.14 bits per heavy atom. The Kier molecular flexibility index (Phi) is 23.6. The summed E-state index contributed by atoms with van der Waals surface area (Å²) in [7, 11) is 0. The van der Waals surface area contributed by atoms with Gasteiger partial charge in [0, 0.05) is 20.4 Å². The van der Waals surface area contributed by atoms with Crippen molar-refractivity contribution in [1.29, 1.82) is 0 Å². The number of carboxylic acid groups (broad SMARTS) is 1. The molecule has 0 bridgehead atoms. The maximum Gasteiger partial charge on any atom is 0.305 e. The van der Waals surface area contributed by atoms with E-state index in [1.165, 1.54) is 0 Å². The second-order valence-corrected chi connectivity index (χ2v) is 13.0. The van der Waals surface area contributed by atoms with Crippen LogP contribution in [-0.4, -0.2) is 218 Å². The molecule has 0 aromatic carbocycles. The number of hydrogen-bond acceptors (Lipinski definition) is 19. The molecule has 25 nitrogen and oxygen atoms in total. The summed E-state index contributed by atoms with van der Waals surface area (Å²) in [6.07, 6.45) is -13.2. The van der Waals surface area contributed by atoms with Gasteiger partial charge >= 0.3 is 5.97 Å². The Balaban J connectivity index is 1.98. The number of carboxylic acids is 1. The van der Waals surface area contributed by atoms with Gasteiger partial charge in [0.15, 0.2) is 12.5 Å². The third kappa shape index (κ3) is 18.1. The van der Waals surface area contributed by atoms with E-state index < -0.39 is 129 Å². The highest BCUT2D eigenvalue weighted by molar-refractivity contribution is 5.92. The molecule has 1 unspecified atom stereocenters. The van der Waals surface area contributed by atoms with Crippen molar-refractivity contribution < 1.29 is 97.7 Å². The Morgan fingerprint density at radius 1 is 0.638 bits per heavy atom. The number of ether oxygens (including phenoxy) is 7. The van der Waals surface area contributed by atoms with E-state index in [1.807, 2.05) is 0 Å². The van der Waals surface area contributed by atoms with Gasteiger partial charge in [-0.05, 0) is 0 Å². The van der Waals surface area contributed by atoms with Crippen LogP contribution in [0, 0.1) is 0 Å². The Hall–Kier alpha value is -3.70. The minimum Gasteiger partial charge on any atom is -0.481 e. The summed E-state index contributed by atoms with van der Waals surface area (Å²) in [5, 5.41) is 81.1. The second-order valence-electron chi connectivity index (χ2n) is 13.0. The molecule has 0 spiro atoms. The minimum atomic E-state index is -1.69. The molecule has 334 valence electrons. The van der Waals surface area contributed by atoms with Gasteiger partial charge in [0.1, 0.15) is 61.4 Å². The normalized spacial score (nSPS) is 27.5. The largest absolute Gasteiger partial charge is 0.481 e. The van der Waals surface area contributed by atoms with Crippen molar-refractivity contribution in [2.75, 3.05) is 79.2 Å². The maximum atomic E-state index is 13.3. The maximum absolute atomic E-state index is 13.3. The van der Waals surface area contributed by atoms with E-state index in [0.717, 1.165) is 13.8 Å². The van der Waals surface area contributed by atoms with E-state index in [2.05, 4.69) is 26.6 Å². The van der Waals surface area contributed by atoms with Crippen molar-refractivity contribution in [2.24, 2.45) is 0 Å². The van der Waals surface area contributed by atoms with Crippen LogP contribution >= 0.6 is 0 Å². The molecule has 58 heavy (non-hydrogen) atoms. The summed E-state index contributed by atoms with van der Waals surface area (Å²) in [5.74, 6) is -5.07. The third-order valence-corrected chi connectivity index (χ3v) is 8.39. The van der Waals surface area contributed by atoms with Gasteiger partial charge in [-0.2, -0.15) is 0 Å². The molecule has 11 atom stereocenters. The van der Waals surface area contributed by atoms with Crippen molar-refractivity contribution in [1.82, 2.24) is 26.6 Å². The second kappa shape index (κ2) is 27.1. The topological polar surface area (TPSA) is 369 Å². The first-order valence-electron chi connectivity index (χ1n) is 18.4. The van der Waals surface area contributed by atoms with Crippen LogP contribution in [0.4, 0.5) is 0 Å². The van der Waals surface area contributed by atoms with Crippen LogP contribution in [0.1, 0.15) is 26.7 Å². The monoisotopic (exact) mass is 843 g/mol. The molecule has 2 heterocycles. The molecule has 2 aliphatic rings. The highest BCUT2D eigenvalue weighted by atomic mass is 16.7. The number of nitrogens with one attached hydrogen (secondary N) is 5. The van der Waals surface area contributed by atoms with Crippen LogP contribution in [0.5, 0.6) is 0 Å². The predicted octanol–water partition coefficient (Wildman–Crippen LogP) is -7.46. The molecule has 12 N–H and O–H groups in total. The highest BCUT2D eigenvalue weighted by Crippen LogP contribution is 2.23. The number of aliphatic hydroxyl groups excluding tert-OH is 6. The highest BCUT2D eigenvalue weighted by Gasteiger charge is 2.47. The fourth-order valence-electron chi connectivity index (χ4n) is 5.55. The van der Waals surface area contributed by atoms with Gasteiger partial charge in [-0.25, -0.2) is 0 Å². The van der Waals surface area contributed by atoms with Crippen LogP contribution < -0.4 is 26.6 Å². The number of rotatable bonds is 27. The number of carbonyl (C=O) groups is 6. The van der Waals surface area contributed by atoms with E-state index in [1.54, 1.807) is 0 Å². The van der Waals surface area contributed by atoms with Gasteiger partial charge in [-0.3, -0.25) is 28.8 Å². The molecule has 2 saturated heterocycles. The van der Waals surface area contributed by atoms with Crippen LogP contribution in [0.15, 0.2) is 0 Å². The van der Waals surface area contributed by atoms with Gasteiger partial charge in [0.25, 0.3) is 0 Å². The molecule has 2 aliphatic heterocycles. The molecular weight excluding hydrogens is 786 g/mol. The lowest BCUT2D eigenvalue weighted by molar-refractivity contribution is -0.268. The zero-order valence-corrected chi connectivity index (χ0v) is 32.2. The van der Waals surface area contributed by atoms with Crippen LogP contribution in [0.25, 0.3) is 0 Å². The van der Waals surface area contributed by atoms with E-state index >= 15 is 0 Å². The van der Waals surface area contributed by atoms with Crippen molar-refractivity contribution in [3.05, 3.63) is 0 Å². The SMILES string of the molecule is CC(=O)N[C@@H]1[C@@H](O)[C@H](O)[C@@H](CO)O[C@H]1NC(=O)CC(NC(=O)CO[C@@H]1O[C@H](CO)[C@@H](O)[C@H](O)[C@H]1NC(C)=O)C(=O)NCCOCCOCCOCCOCCC(=O)O. The summed E-state index contributed by atoms with van der Waals surface area (Å²) in [5.41, 5.74) is 0. The van der Waals surface area contributed by atoms with Crippen molar-refractivity contribution >= 4 is 35.5 Å². The number of hydrogen-bond donors (Lipinski definition) is 12. The molecule has 25 heteroatoms. The summed E-state index contributed by atoms with van der Waals surface area (Å²) >= 11 is 0. The molecule has 0 aromatic heterocycles. The van der Waals surface area contributed by atoms with Gasteiger partial charge in [0.2, 0.25) is 29.5 Å². The lowest BCUT2D eigenvalue weighted by Gasteiger charge is -2.42. The first-order valence-corrected chi connectivity index (χ1v) is 18.4. The smallest absolute Gasteiger partial charge is 0.305 e. The lowest BCUT2D eigenvalue weighted by atomic mass is 9.95. The summed E-state index contributed by atoms with van der Waals surface area (Å²) in [6.45, 7) is 1.11.